The number of halogens is 4. The third kappa shape index (κ3) is 2.80. The van der Waals surface area contributed by atoms with E-state index in [1.54, 1.807) is 13.8 Å². The first-order chi connectivity index (χ1) is 8.91. The number of hydrogen-bond donors (Lipinski definition) is 0. The number of ether oxygens (including phenoxy) is 1. The quantitative estimate of drug-likeness (QED) is 0.617. The molecule has 0 spiro atoms. The second-order valence-electron chi connectivity index (χ2n) is 4.91. The van der Waals surface area contributed by atoms with Crippen molar-refractivity contribution in [3.05, 3.63) is 22.7 Å². The molecule has 0 aliphatic carbocycles. The van der Waals surface area contributed by atoms with Gasteiger partial charge < -0.3 is 8.92 Å². The third-order valence-electron chi connectivity index (χ3n) is 2.57. The molecule has 1 aromatic rings. The van der Waals surface area contributed by atoms with Crippen LogP contribution in [-0.4, -0.2) is 19.5 Å². The lowest BCUT2D eigenvalue weighted by Crippen LogP contribution is -2.28. The molecule has 0 amide bonds. The van der Waals surface area contributed by atoms with Crippen molar-refractivity contribution in [1.29, 1.82) is 0 Å². The highest BCUT2D eigenvalue weighted by molar-refractivity contribution is 7.88. The molecule has 0 saturated carbocycles. The summed E-state index contributed by atoms with van der Waals surface area (Å²) in [4.78, 5) is 0. The van der Waals surface area contributed by atoms with Gasteiger partial charge in [0.15, 0.2) is 11.5 Å². The molecule has 0 N–H and O–H groups in total. The van der Waals surface area contributed by atoms with Gasteiger partial charge in [-0.1, -0.05) is 11.6 Å². The number of benzene rings is 1. The molecular weight excluding hydrogens is 321 g/mol. The first kappa shape index (κ1) is 15.2. The highest BCUT2D eigenvalue weighted by Gasteiger charge is 2.49. The molecule has 0 fully saturated rings. The fourth-order valence-electron chi connectivity index (χ4n) is 1.87. The van der Waals surface area contributed by atoms with Gasteiger partial charge in [-0.3, -0.25) is 0 Å². The van der Waals surface area contributed by atoms with Gasteiger partial charge in [-0.25, -0.2) is 0 Å². The maximum Gasteiger partial charge on any atom is 0.534 e. The Labute approximate surface area is 118 Å². The Kier molecular flexibility index (Phi) is 3.37. The molecule has 0 saturated heterocycles. The first-order valence-corrected chi connectivity index (χ1v) is 7.22. The molecule has 112 valence electrons. The molecule has 1 aliphatic rings. The van der Waals surface area contributed by atoms with Gasteiger partial charge in [-0.05, 0) is 19.9 Å². The summed E-state index contributed by atoms with van der Waals surface area (Å²) in [7, 11) is -5.77. The lowest BCUT2D eigenvalue weighted by atomic mass is 10.0. The zero-order valence-electron chi connectivity index (χ0n) is 10.4. The summed E-state index contributed by atoms with van der Waals surface area (Å²) in [6, 6.07) is 2.48. The van der Waals surface area contributed by atoms with Crippen LogP contribution in [0.2, 0.25) is 5.02 Å². The predicted molar refractivity (Wildman–Crippen MR) is 65.5 cm³/mol. The Morgan fingerprint density at radius 2 is 1.95 bits per heavy atom. The van der Waals surface area contributed by atoms with E-state index >= 15 is 0 Å². The van der Waals surface area contributed by atoms with Gasteiger partial charge in [-0.2, -0.15) is 21.6 Å². The summed E-state index contributed by atoms with van der Waals surface area (Å²) >= 11 is 5.75. The molecule has 20 heavy (non-hydrogen) atoms. The van der Waals surface area contributed by atoms with E-state index in [2.05, 4.69) is 4.18 Å². The normalized spacial score (nSPS) is 17.5. The standard InChI is InChI=1S/C11H10ClF3O4S/c1-10(2)5-6-3-7(12)4-8(9(6)18-10)19-20(16,17)11(13,14)15/h3-4H,5H2,1-2H3. The second kappa shape index (κ2) is 4.42. The van der Waals surface area contributed by atoms with Gasteiger partial charge in [-0.15, -0.1) is 0 Å². The number of alkyl halides is 3. The molecule has 0 bridgehead atoms. The topological polar surface area (TPSA) is 52.6 Å². The Morgan fingerprint density at radius 1 is 1.35 bits per heavy atom. The summed E-state index contributed by atoms with van der Waals surface area (Å²) in [6.45, 7) is 3.42. The van der Waals surface area contributed by atoms with E-state index in [0.29, 0.717) is 12.0 Å². The van der Waals surface area contributed by atoms with E-state index in [4.69, 9.17) is 16.3 Å². The predicted octanol–water partition coefficient (Wildman–Crippen LogP) is 3.28. The van der Waals surface area contributed by atoms with E-state index < -0.39 is 27.0 Å². The molecule has 2 rings (SSSR count). The molecule has 1 heterocycles. The van der Waals surface area contributed by atoms with Gasteiger partial charge >= 0.3 is 15.6 Å². The Hall–Kier alpha value is -1.15. The van der Waals surface area contributed by atoms with Crippen LogP contribution in [0.5, 0.6) is 11.5 Å². The van der Waals surface area contributed by atoms with Crippen molar-refractivity contribution < 1.29 is 30.5 Å². The molecule has 1 aliphatic heterocycles. The van der Waals surface area contributed by atoms with Crippen LogP contribution < -0.4 is 8.92 Å². The van der Waals surface area contributed by atoms with E-state index in [1.807, 2.05) is 0 Å². The molecule has 9 heteroatoms. The molecule has 0 atom stereocenters. The molecule has 0 unspecified atom stereocenters. The SMILES string of the molecule is CC1(C)Cc2cc(Cl)cc(OS(=O)(=O)C(F)(F)F)c2O1. The molecular formula is C11H10ClF3O4S. The second-order valence-corrected chi connectivity index (χ2v) is 6.89. The largest absolute Gasteiger partial charge is 0.534 e. The van der Waals surface area contributed by atoms with Crippen molar-refractivity contribution in [2.75, 3.05) is 0 Å². The summed E-state index contributed by atoms with van der Waals surface area (Å²) in [5.41, 5.74) is -5.70. The zero-order valence-corrected chi connectivity index (χ0v) is 12.0. The van der Waals surface area contributed by atoms with Gasteiger partial charge in [0.25, 0.3) is 0 Å². The highest BCUT2D eigenvalue weighted by Crippen LogP contribution is 2.45. The molecule has 1 aromatic carbocycles. The zero-order chi connectivity index (χ0) is 15.3. The summed E-state index contributed by atoms with van der Waals surface area (Å²) in [5.74, 6) is -0.595. The van der Waals surface area contributed by atoms with Crippen molar-refractivity contribution in [3.8, 4) is 11.5 Å². The lowest BCUT2D eigenvalue weighted by molar-refractivity contribution is -0.0500. The summed E-state index contributed by atoms with van der Waals surface area (Å²) in [5, 5.41) is 0.0671. The van der Waals surface area contributed by atoms with Gasteiger partial charge in [0.2, 0.25) is 0 Å². The van der Waals surface area contributed by atoms with Crippen molar-refractivity contribution in [2.45, 2.75) is 31.4 Å². The average molecular weight is 331 g/mol. The van der Waals surface area contributed by atoms with Crippen molar-refractivity contribution in [3.63, 3.8) is 0 Å². The molecule has 0 aromatic heterocycles. The van der Waals surface area contributed by atoms with E-state index in [-0.39, 0.29) is 10.8 Å². The van der Waals surface area contributed by atoms with Crippen molar-refractivity contribution in [2.24, 2.45) is 0 Å². The van der Waals surface area contributed by atoms with Crippen LogP contribution in [0.4, 0.5) is 13.2 Å². The van der Waals surface area contributed by atoms with Gasteiger partial charge in [0, 0.05) is 23.1 Å². The molecule has 0 radical (unpaired) electrons. The van der Waals surface area contributed by atoms with Gasteiger partial charge in [0.05, 0.1) is 0 Å². The van der Waals surface area contributed by atoms with Crippen molar-refractivity contribution in [1.82, 2.24) is 0 Å². The number of hydrogen-bond acceptors (Lipinski definition) is 4. The Morgan fingerprint density at radius 3 is 2.50 bits per heavy atom. The van der Waals surface area contributed by atoms with Crippen LogP contribution >= 0.6 is 11.6 Å². The fraction of sp³-hybridized carbons (Fsp3) is 0.455. The van der Waals surface area contributed by atoms with Crippen LogP contribution in [0.1, 0.15) is 19.4 Å². The maximum atomic E-state index is 12.3. The summed E-state index contributed by atoms with van der Waals surface area (Å²) < 4.78 is 68.7. The number of fused-ring (bicyclic) bond motifs is 1. The Balaban J connectivity index is 2.46. The minimum atomic E-state index is -5.77. The van der Waals surface area contributed by atoms with E-state index in [1.165, 1.54) is 6.07 Å². The minimum absolute atomic E-state index is 0.0350. The minimum Gasteiger partial charge on any atom is -0.483 e. The number of rotatable bonds is 2. The van der Waals surface area contributed by atoms with E-state index in [0.717, 1.165) is 6.07 Å². The highest BCUT2D eigenvalue weighted by atomic mass is 35.5. The van der Waals surface area contributed by atoms with E-state index in [9.17, 15) is 21.6 Å². The van der Waals surface area contributed by atoms with Crippen LogP contribution in [0.3, 0.4) is 0 Å². The van der Waals surface area contributed by atoms with Crippen LogP contribution in [0, 0.1) is 0 Å². The van der Waals surface area contributed by atoms with Crippen LogP contribution in [0.25, 0.3) is 0 Å². The summed E-state index contributed by atoms with van der Waals surface area (Å²) in [6.07, 6.45) is 0.380. The fourth-order valence-corrected chi connectivity index (χ4v) is 2.55. The van der Waals surface area contributed by atoms with Crippen LogP contribution in [-0.2, 0) is 16.5 Å². The third-order valence-corrected chi connectivity index (χ3v) is 3.76. The first-order valence-electron chi connectivity index (χ1n) is 5.43. The average Bonchev–Trinajstić information content (AvgIpc) is 2.50. The molecule has 4 nitrogen and oxygen atoms in total. The Bertz CT molecular complexity index is 652. The van der Waals surface area contributed by atoms with Gasteiger partial charge in [0.1, 0.15) is 5.60 Å². The maximum absolute atomic E-state index is 12.3. The van der Waals surface area contributed by atoms with Crippen LogP contribution in [0.15, 0.2) is 12.1 Å². The monoisotopic (exact) mass is 330 g/mol. The van der Waals surface area contributed by atoms with Crippen molar-refractivity contribution >= 4 is 21.7 Å². The smallest absolute Gasteiger partial charge is 0.483 e. The lowest BCUT2D eigenvalue weighted by Gasteiger charge is -2.18.